The Balaban J connectivity index is 1.57. The molecule has 0 spiro atoms. The first-order valence-electron chi connectivity index (χ1n) is 10.3. The standard InChI is InChI=1S/C21H32N4O/c1-13-6-8-15(9-7-13)24-21(26)16-10-17(22)18(23-2)11-20(16)25-12-14-4-3-5-19(14)25/h10-11,13-15,19,23H,3-9,12,22H2,1-2H3,(H,24,26)/t13-,14?,15-,19?. The molecule has 5 heteroatoms. The molecule has 5 nitrogen and oxygen atoms in total. The maximum Gasteiger partial charge on any atom is 0.253 e. The zero-order valence-electron chi connectivity index (χ0n) is 16.1. The Morgan fingerprint density at radius 3 is 2.62 bits per heavy atom. The number of fused-ring (bicyclic) bond motifs is 1. The van der Waals surface area contributed by atoms with E-state index in [-0.39, 0.29) is 5.91 Å². The Labute approximate surface area is 156 Å². The van der Waals surface area contributed by atoms with Crippen LogP contribution in [0.3, 0.4) is 0 Å². The Morgan fingerprint density at radius 2 is 1.92 bits per heavy atom. The average Bonchev–Trinajstić information content (AvgIpc) is 2.98. The van der Waals surface area contributed by atoms with Crippen molar-refractivity contribution in [1.82, 2.24) is 5.32 Å². The fourth-order valence-corrected chi connectivity index (χ4v) is 5.08. The summed E-state index contributed by atoms with van der Waals surface area (Å²) in [5.41, 5.74) is 9.53. The topological polar surface area (TPSA) is 70.4 Å². The summed E-state index contributed by atoms with van der Waals surface area (Å²) in [5, 5.41) is 6.45. The molecule has 0 radical (unpaired) electrons. The average molecular weight is 357 g/mol. The maximum atomic E-state index is 13.1. The van der Waals surface area contributed by atoms with Crippen LogP contribution in [0.5, 0.6) is 0 Å². The molecule has 1 heterocycles. The summed E-state index contributed by atoms with van der Waals surface area (Å²) in [5.74, 6) is 1.63. The quantitative estimate of drug-likeness (QED) is 0.721. The Morgan fingerprint density at radius 1 is 1.15 bits per heavy atom. The van der Waals surface area contributed by atoms with Gasteiger partial charge in [0, 0.05) is 25.7 Å². The Bertz CT molecular complexity index is 681. The van der Waals surface area contributed by atoms with Crippen LogP contribution in [0.4, 0.5) is 17.1 Å². The summed E-state index contributed by atoms with van der Waals surface area (Å²) in [7, 11) is 1.88. The molecule has 4 rings (SSSR count). The van der Waals surface area contributed by atoms with Gasteiger partial charge >= 0.3 is 0 Å². The highest BCUT2D eigenvalue weighted by molar-refractivity contribution is 6.02. The van der Waals surface area contributed by atoms with E-state index in [0.717, 1.165) is 48.2 Å². The van der Waals surface area contributed by atoms with Crippen molar-refractivity contribution in [3.63, 3.8) is 0 Å². The first kappa shape index (κ1) is 17.5. The summed E-state index contributed by atoms with van der Waals surface area (Å²) >= 11 is 0. The first-order chi connectivity index (χ1) is 12.6. The molecule has 2 saturated carbocycles. The minimum absolute atomic E-state index is 0.0374. The lowest BCUT2D eigenvalue weighted by molar-refractivity contribution is 0.0923. The highest BCUT2D eigenvalue weighted by Gasteiger charge is 2.43. The lowest BCUT2D eigenvalue weighted by Gasteiger charge is -2.47. The van der Waals surface area contributed by atoms with Gasteiger partial charge in [0.1, 0.15) is 0 Å². The molecule has 2 aliphatic carbocycles. The molecule has 1 amide bonds. The molecule has 3 fully saturated rings. The predicted octanol–water partition coefficient (Wildman–Crippen LogP) is 3.61. The van der Waals surface area contributed by atoms with Crippen LogP contribution in [0.1, 0.15) is 62.2 Å². The molecule has 0 aromatic heterocycles. The van der Waals surface area contributed by atoms with Crippen LogP contribution in [0.15, 0.2) is 12.1 Å². The van der Waals surface area contributed by atoms with Crippen molar-refractivity contribution in [2.45, 2.75) is 64.0 Å². The highest BCUT2D eigenvalue weighted by atomic mass is 16.1. The van der Waals surface area contributed by atoms with E-state index in [4.69, 9.17) is 5.73 Å². The molecule has 1 aliphatic heterocycles. The van der Waals surface area contributed by atoms with Gasteiger partial charge in [-0.3, -0.25) is 4.79 Å². The monoisotopic (exact) mass is 356 g/mol. The number of nitrogens with two attached hydrogens (primary N) is 1. The third-order valence-electron chi connectivity index (χ3n) is 6.79. The molecule has 2 atom stereocenters. The van der Waals surface area contributed by atoms with E-state index in [1.165, 1.54) is 32.1 Å². The van der Waals surface area contributed by atoms with Crippen LogP contribution in [-0.4, -0.2) is 31.6 Å². The van der Waals surface area contributed by atoms with Crippen LogP contribution in [0.25, 0.3) is 0 Å². The van der Waals surface area contributed by atoms with Gasteiger partial charge in [0.05, 0.1) is 22.6 Å². The number of hydrogen-bond donors (Lipinski definition) is 3. The molecule has 0 bridgehead atoms. The minimum Gasteiger partial charge on any atom is -0.397 e. The summed E-state index contributed by atoms with van der Waals surface area (Å²) in [6, 6.07) is 4.84. The van der Waals surface area contributed by atoms with Gasteiger partial charge in [-0.05, 0) is 62.5 Å². The Hall–Kier alpha value is -1.91. The number of nitrogens with zero attached hydrogens (tertiary/aromatic N) is 1. The lowest BCUT2D eigenvalue weighted by Crippen LogP contribution is -2.54. The minimum atomic E-state index is 0.0374. The van der Waals surface area contributed by atoms with E-state index in [0.29, 0.717) is 17.8 Å². The molecule has 1 aromatic rings. The van der Waals surface area contributed by atoms with Gasteiger partial charge in [-0.2, -0.15) is 0 Å². The molecule has 2 unspecified atom stereocenters. The zero-order valence-corrected chi connectivity index (χ0v) is 16.1. The number of rotatable bonds is 4. The summed E-state index contributed by atoms with van der Waals surface area (Å²) in [4.78, 5) is 15.5. The fraction of sp³-hybridized carbons (Fsp3) is 0.667. The number of amides is 1. The van der Waals surface area contributed by atoms with E-state index in [1.54, 1.807) is 0 Å². The first-order valence-corrected chi connectivity index (χ1v) is 10.3. The fourth-order valence-electron chi connectivity index (χ4n) is 5.08. The number of anilines is 3. The molecule has 142 valence electrons. The molecular weight excluding hydrogens is 324 g/mol. The molecule has 3 aliphatic rings. The van der Waals surface area contributed by atoms with Gasteiger partial charge < -0.3 is 21.3 Å². The van der Waals surface area contributed by atoms with E-state index < -0.39 is 0 Å². The van der Waals surface area contributed by atoms with Crippen LogP contribution >= 0.6 is 0 Å². The van der Waals surface area contributed by atoms with Crippen LogP contribution < -0.4 is 21.3 Å². The lowest BCUT2D eigenvalue weighted by atomic mass is 9.87. The van der Waals surface area contributed by atoms with Crippen molar-refractivity contribution >= 4 is 23.0 Å². The second kappa shape index (κ2) is 7.01. The van der Waals surface area contributed by atoms with Crippen molar-refractivity contribution in [3.05, 3.63) is 17.7 Å². The number of carbonyl (C=O) groups is 1. The summed E-state index contributed by atoms with van der Waals surface area (Å²) < 4.78 is 0. The second-order valence-corrected chi connectivity index (χ2v) is 8.55. The van der Waals surface area contributed by atoms with Crippen molar-refractivity contribution < 1.29 is 4.79 Å². The van der Waals surface area contributed by atoms with E-state index in [2.05, 4.69) is 28.5 Å². The second-order valence-electron chi connectivity index (χ2n) is 8.55. The van der Waals surface area contributed by atoms with Crippen LogP contribution in [0.2, 0.25) is 0 Å². The largest absolute Gasteiger partial charge is 0.397 e. The zero-order chi connectivity index (χ0) is 18.3. The Kier molecular flexibility index (Phi) is 4.72. The van der Waals surface area contributed by atoms with Crippen LogP contribution in [0, 0.1) is 11.8 Å². The molecule has 1 saturated heterocycles. The smallest absolute Gasteiger partial charge is 0.253 e. The third-order valence-corrected chi connectivity index (χ3v) is 6.79. The van der Waals surface area contributed by atoms with Gasteiger partial charge in [0.15, 0.2) is 0 Å². The normalized spacial score (nSPS) is 30.5. The molecule has 1 aromatic carbocycles. The maximum absolute atomic E-state index is 13.1. The van der Waals surface area contributed by atoms with Crippen molar-refractivity contribution in [3.8, 4) is 0 Å². The predicted molar refractivity (Wildman–Crippen MR) is 108 cm³/mol. The van der Waals surface area contributed by atoms with E-state index in [9.17, 15) is 4.79 Å². The summed E-state index contributed by atoms with van der Waals surface area (Å²) in [6.07, 6.45) is 8.45. The van der Waals surface area contributed by atoms with Crippen LogP contribution in [-0.2, 0) is 0 Å². The summed E-state index contributed by atoms with van der Waals surface area (Å²) in [6.45, 7) is 3.37. The van der Waals surface area contributed by atoms with E-state index in [1.807, 2.05) is 13.1 Å². The van der Waals surface area contributed by atoms with Gasteiger partial charge in [0.2, 0.25) is 0 Å². The molecule has 26 heavy (non-hydrogen) atoms. The van der Waals surface area contributed by atoms with Gasteiger partial charge in [-0.1, -0.05) is 13.3 Å². The number of carbonyl (C=O) groups excluding carboxylic acids is 1. The molecule has 4 N–H and O–H groups in total. The van der Waals surface area contributed by atoms with Gasteiger partial charge in [0.25, 0.3) is 5.91 Å². The highest BCUT2D eigenvalue weighted by Crippen LogP contribution is 2.44. The van der Waals surface area contributed by atoms with Crippen molar-refractivity contribution in [2.24, 2.45) is 11.8 Å². The number of hydrogen-bond acceptors (Lipinski definition) is 4. The number of nitrogens with one attached hydrogen (secondary N) is 2. The third kappa shape index (κ3) is 3.12. The van der Waals surface area contributed by atoms with Crippen molar-refractivity contribution in [1.29, 1.82) is 0 Å². The van der Waals surface area contributed by atoms with Crippen molar-refractivity contribution in [2.75, 3.05) is 29.5 Å². The number of nitrogen functional groups attached to an aromatic ring is 1. The van der Waals surface area contributed by atoms with Gasteiger partial charge in [-0.15, -0.1) is 0 Å². The number of benzene rings is 1. The van der Waals surface area contributed by atoms with Gasteiger partial charge in [-0.25, -0.2) is 0 Å². The van der Waals surface area contributed by atoms with E-state index >= 15 is 0 Å². The molecular formula is C21H32N4O. The SMILES string of the molecule is CNc1cc(N2CC3CCCC32)c(C(=O)N[C@H]2CC[C@H](C)CC2)cc1N.